The minimum Gasteiger partial charge on any atom is -0.299 e. The zero-order valence-corrected chi connectivity index (χ0v) is 9.46. The van der Waals surface area contributed by atoms with Gasteiger partial charge in [0.1, 0.15) is 11.6 Å². The monoisotopic (exact) mass is 227 g/mol. The van der Waals surface area contributed by atoms with E-state index in [-0.39, 0.29) is 6.54 Å². The molecule has 1 aromatic rings. The predicted molar refractivity (Wildman–Crippen MR) is 58.5 cm³/mol. The van der Waals surface area contributed by atoms with Crippen LogP contribution in [0.2, 0.25) is 0 Å². The average molecular weight is 227 g/mol. The molecule has 1 rings (SSSR count). The number of Topliss-reactive ketones (excluding diaryl/α,β-unsaturated/α-hetero) is 1. The second-order valence-electron chi connectivity index (χ2n) is 3.76. The molecule has 0 aromatic heterocycles. The van der Waals surface area contributed by atoms with Gasteiger partial charge in [-0.2, -0.15) is 0 Å². The number of hydrogen-bond donors (Lipinski definition) is 0. The normalized spacial score (nSPS) is 10.8. The summed E-state index contributed by atoms with van der Waals surface area (Å²) in [7, 11) is 1.75. The third-order valence-electron chi connectivity index (χ3n) is 2.26. The molecule has 0 heterocycles. The van der Waals surface area contributed by atoms with Crippen molar-refractivity contribution in [2.75, 3.05) is 20.1 Å². The lowest BCUT2D eigenvalue weighted by molar-refractivity contribution is 0.0938. The van der Waals surface area contributed by atoms with Crippen molar-refractivity contribution < 1.29 is 13.6 Å². The first-order chi connectivity index (χ1) is 7.56. The van der Waals surface area contributed by atoms with Crippen LogP contribution in [0.1, 0.15) is 23.7 Å². The van der Waals surface area contributed by atoms with Gasteiger partial charge in [0.05, 0.1) is 12.1 Å². The number of rotatable bonds is 5. The number of hydrogen-bond acceptors (Lipinski definition) is 2. The van der Waals surface area contributed by atoms with Crippen LogP contribution in [-0.2, 0) is 0 Å². The van der Waals surface area contributed by atoms with Gasteiger partial charge in [-0.25, -0.2) is 8.78 Å². The number of benzene rings is 1. The predicted octanol–water partition coefficient (Wildman–Crippen LogP) is 2.49. The molecule has 0 aliphatic heterocycles. The summed E-state index contributed by atoms with van der Waals surface area (Å²) in [5.41, 5.74) is -0.439. The van der Waals surface area contributed by atoms with E-state index in [0.29, 0.717) is 0 Å². The van der Waals surface area contributed by atoms with Crippen LogP contribution in [0, 0.1) is 11.6 Å². The Morgan fingerprint density at radius 1 is 1.31 bits per heavy atom. The highest BCUT2D eigenvalue weighted by atomic mass is 19.1. The second-order valence-corrected chi connectivity index (χ2v) is 3.76. The van der Waals surface area contributed by atoms with Gasteiger partial charge in [0.2, 0.25) is 0 Å². The molecule has 0 N–H and O–H groups in total. The zero-order chi connectivity index (χ0) is 12.1. The van der Waals surface area contributed by atoms with Crippen molar-refractivity contribution in [3.05, 3.63) is 35.4 Å². The summed E-state index contributed by atoms with van der Waals surface area (Å²) in [6, 6.07) is 3.43. The van der Waals surface area contributed by atoms with Gasteiger partial charge >= 0.3 is 0 Å². The van der Waals surface area contributed by atoms with Gasteiger partial charge < -0.3 is 0 Å². The molecule has 0 spiro atoms. The lowest BCUT2D eigenvalue weighted by Gasteiger charge is -2.14. The summed E-state index contributed by atoms with van der Waals surface area (Å²) >= 11 is 0. The molecule has 1 aromatic carbocycles. The molecule has 4 heteroatoms. The molecule has 0 atom stereocenters. The fourth-order valence-electron chi connectivity index (χ4n) is 1.55. The average Bonchev–Trinajstić information content (AvgIpc) is 2.17. The van der Waals surface area contributed by atoms with Crippen molar-refractivity contribution in [1.29, 1.82) is 0 Å². The van der Waals surface area contributed by atoms with Crippen LogP contribution in [0.25, 0.3) is 0 Å². The minimum atomic E-state index is -0.796. The second kappa shape index (κ2) is 5.70. The highest BCUT2D eigenvalue weighted by molar-refractivity contribution is 5.98. The smallest absolute Gasteiger partial charge is 0.182 e. The summed E-state index contributed by atoms with van der Waals surface area (Å²) in [5, 5.41) is 0. The van der Waals surface area contributed by atoms with Crippen molar-refractivity contribution in [3.8, 4) is 0 Å². The van der Waals surface area contributed by atoms with Crippen LogP contribution in [0.15, 0.2) is 18.2 Å². The highest BCUT2D eigenvalue weighted by Gasteiger charge is 2.17. The van der Waals surface area contributed by atoms with Crippen molar-refractivity contribution in [1.82, 2.24) is 4.90 Å². The summed E-state index contributed by atoms with van der Waals surface area (Å²) in [6.07, 6.45) is 0.892. The van der Waals surface area contributed by atoms with Crippen LogP contribution in [0.3, 0.4) is 0 Å². The lowest BCUT2D eigenvalue weighted by atomic mass is 10.1. The van der Waals surface area contributed by atoms with Crippen LogP contribution < -0.4 is 0 Å². The molecule has 0 saturated heterocycles. The Bertz CT molecular complexity index is 359. The first-order valence-electron chi connectivity index (χ1n) is 5.22. The van der Waals surface area contributed by atoms with Crippen LogP contribution >= 0.6 is 0 Å². The zero-order valence-electron chi connectivity index (χ0n) is 9.46. The molecule has 16 heavy (non-hydrogen) atoms. The topological polar surface area (TPSA) is 20.3 Å². The van der Waals surface area contributed by atoms with E-state index in [1.54, 1.807) is 11.9 Å². The number of ketones is 1. The number of nitrogens with zero attached hydrogens (tertiary/aromatic N) is 1. The third kappa shape index (κ3) is 3.10. The molecule has 0 aliphatic carbocycles. The van der Waals surface area contributed by atoms with Gasteiger partial charge in [-0.1, -0.05) is 13.0 Å². The van der Waals surface area contributed by atoms with E-state index >= 15 is 0 Å². The fourth-order valence-corrected chi connectivity index (χ4v) is 1.55. The maximum Gasteiger partial charge on any atom is 0.182 e. The van der Waals surface area contributed by atoms with E-state index in [0.717, 1.165) is 25.1 Å². The Labute approximate surface area is 93.9 Å². The van der Waals surface area contributed by atoms with E-state index < -0.39 is 23.0 Å². The van der Waals surface area contributed by atoms with Crippen molar-refractivity contribution >= 4 is 5.78 Å². The molecule has 0 bridgehead atoms. The molecule has 0 saturated carbocycles. The van der Waals surface area contributed by atoms with Crippen LogP contribution in [0.5, 0.6) is 0 Å². The van der Waals surface area contributed by atoms with Gasteiger partial charge in [0.15, 0.2) is 5.78 Å². The molecular weight excluding hydrogens is 212 g/mol. The molecule has 88 valence electrons. The van der Waals surface area contributed by atoms with E-state index in [9.17, 15) is 13.6 Å². The van der Waals surface area contributed by atoms with Gasteiger partial charge in [-0.15, -0.1) is 0 Å². The summed E-state index contributed by atoms with van der Waals surface area (Å²) in [4.78, 5) is 13.4. The van der Waals surface area contributed by atoms with Gasteiger partial charge in [-0.05, 0) is 32.1 Å². The van der Waals surface area contributed by atoms with Crippen molar-refractivity contribution in [2.45, 2.75) is 13.3 Å². The number of halogens is 2. The van der Waals surface area contributed by atoms with Gasteiger partial charge in [0, 0.05) is 0 Å². The molecule has 0 radical (unpaired) electrons. The Morgan fingerprint density at radius 2 is 1.88 bits per heavy atom. The third-order valence-corrected chi connectivity index (χ3v) is 2.26. The first kappa shape index (κ1) is 12.8. The number of carbonyl (C=O) groups excluding carboxylic acids is 1. The summed E-state index contributed by atoms with van der Waals surface area (Å²) in [6.45, 7) is 2.73. The molecular formula is C12H15F2NO. The van der Waals surface area contributed by atoms with Crippen LogP contribution in [0.4, 0.5) is 8.78 Å². The van der Waals surface area contributed by atoms with Crippen molar-refractivity contribution in [2.24, 2.45) is 0 Å². The number of carbonyl (C=O) groups is 1. The van der Waals surface area contributed by atoms with E-state index in [1.165, 1.54) is 6.07 Å². The lowest BCUT2D eigenvalue weighted by Crippen LogP contribution is -2.27. The van der Waals surface area contributed by atoms with E-state index in [4.69, 9.17) is 0 Å². The van der Waals surface area contributed by atoms with Gasteiger partial charge in [-0.3, -0.25) is 9.69 Å². The Balaban J connectivity index is 2.80. The molecule has 0 unspecified atom stereocenters. The Kier molecular flexibility index (Phi) is 4.55. The Hall–Kier alpha value is -1.29. The maximum absolute atomic E-state index is 13.3. The summed E-state index contributed by atoms with van der Waals surface area (Å²) < 4.78 is 26.5. The van der Waals surface area contributed by atoms with Crippen molar-refractivity contribution in [3.63, 3.8) is 0 Å². The molecule has 0 aliphatic rings. The largest absolute Gasteiger partial charge is 0.299 e. The highest BCUT2D eigenvalue weighted by Crippen LogP contribution is 2.13. The van der Waals surface area contributed by atoms with E-state index in [1.807, 2.05) is 6.92 Å². The quantitative estimate of drug-likeness (QED) is 0.720. The van der Waals surface area contributed by atoms with Gasteiger partial charge in [0.25, 0.3) is 0 Å². The standard InChI is InChI=1S/C12H15F2NO/c1-3-7-15(2)8-11(16)12-9(13)5-4-6-10(12)14/h4-6H,3,7-8H2,1-2H3. The summed E-state index contributed by atoms with van der Waals surface area (Å²) in [5.74, 6) is -2.11. The first-order valence-corrected chi connectivity index (χ1v) is 5.22. The van der Waals surface area contributed by atoms with E-state index in [2.05, 4.69) is 0 Å². The fraction of sp³-hybridized carbons (Fsp3) is 0.417. The Morgan fingerprint density at radius 3 is 2.38 bits per heavy atom. The SMILES string of the molecule is CCCN(C)CC(=O)c1c(F)cccc1F. The molecule has 2 nitrogen and oxygen atoms in total. The molecule has 0 fully saturated rings. The minimum absolute atomic E-state index is 0.0334. The maximum atomic E-state index is 13.3. The number of likely N-dealkylation sites (N-methyl/N-ethyl adjacent to an activating group) is 1. The van der Waals surface area contributed by atoms with Crippen LogP contribution in [-0.4, -0.2) is 30.8 Å². The molecule has 0 amide bonds.